The van der Waals surface area contributed by atoms with Gasteiger partial charge in [-0.25, -0.2) is 0 Å². The Hall–Kier alpha value is -0.720. The van der Waals surface area contributed by atoms with E-state index in [2.05, 4.69) is 47.8 Å². The van der Waals surface area contributed by atoms with Crippen LogP contribution in [0.15, 0.2) is 49.8 Å². The van der Waals surface area contributed by atoms with Crippen molar-refractivity contribution < 1.29 is 14.2 Å². The maximum Gasteiger partial charge on any atom is 0.135 e. The average Bonchev–Trinajstić information content (AvgIpc) is 2.46. The van der Waals surface area contributed by atoms with Crippen LogP contribution in [0.25, 0.3) is 0 Å². The second-order valence-corrected chi connectivity index (χ2v) is 6.70. The molecule has 2 rings (SSSR count). The third-order valence-electron chi connectivity index (χ3n) is 2.61. The van der Waals surface area contributed by atoms with Crippen molar-refractivity contribution >= 4 is 47.8 Å². The Labute approximate surface area is 149 Å². The Morgan fingerprint density at radius 1 is 0.857 bits per heavy atom. The van der Waals surface area contributed by atoms with Crippen LogP contribution in [0.4, 0.5) is 0 Å². The fourth-order valence-corrected chi connectivity index (χ4v) is 2.94. The molecule has 0 amide bonds. The van der Waals surface area contributed by atoms with Gasteiger partial charge in [0.15, 0.2) is 0 Å². The maximum absolute atomic E-state index is 5.70. The van der Waals surface area contributed by atoms with Crippen LogP contribution in [-0.4, -0.2) is 20.3 Å². The van der Waals surface area contributed by atoms with Gasteiger partial charge in [0.1, 0.15) is 30.5 Å². The van der Waals surface area contributed by atoms with E-state index in [0.717, 1.165) is 30.7 Å². The van der Waals surface area contributed by atoms with Crippen LogP contribution in [0.1, 0.15) is 0 Å². The first kappa shape index (κ1) is 16.6. The minimum absolute atomic E-state index is 0.448. The third-order valence-corrected chi connectivity index (χ3v) is 4.34. The molecule has 2 aromatic carbocycles. The standard InChI is InChI=1S/C15H13Br3O3/c1-19-14-8-13(18)15(9-12(14)17)21-6-5-20-11-4-2-3-10(16)7-11/h2-4,7-9H,5-6H2,1H3. The molecule has 0 radical (unpaired) electrons. The van der Waals surface area contributed by atoms with E-state index in [1.165, 1.54) is 0 Å². The second kappa shape index (κ2) is 8.06. The average molecular weight is 481 g/mol. The monoisotopic (exact) mass is 478 g/mol. The molecule has 0 N–H and O–H groups in total. The van der Waals surface area contributed by atoms with Crippen LogP contribution in [0, 0.1) is 0 Å². The van der Waals surface area contributed by atoms with Gasteiger partial charge in [0.25, 0.3) is 0 Å². The van der Waals surface area contributed by atoms with Gasteiger partial charge in [-0.1, -0.05) is 22.0 Å². The first-order valence-corrected chi connectivity index (χ1v) is 8.52. The van der Waals surface area contributed by atoms with Crippen molar-refractivity contribution in [2.24, 2.45) is 0 Å². The number of halogens is 3. The first-order valence-electron chi connectivity index (χ1n) is 6.14. The maximum atomic E-state index is 5.70. The van der Waals surface area contributed by atoms with Gasteiger partial charge >= 0.3 is 0 Å². The fraction of sp³-hybridized carbons (Fsp3) is 0.200. The van der Waals surface area contributed by atoms with Gasteiger partial charge in [0.05, 0.1) is 16.1 Å². The highest BCUT2D eigenvalue weighted by atomic mass is 79.9. The highest BCUT2D eigenvalue weighted by molar-refractivity contribution is 9.11. The van der Waals surface area contributed by atoms with Crippen LogP contribution in [-0.2, 0) is 0 Å². The molecule has 6 heteroatoms. The normalized spacial score (nSPS) is 10.3. The summed E-state index contributed by atoms with van der Waals surface area (Å²) in [6, 6.07) is 11.4. The highest BCUT2D eigenvalue weighted by Gasteiger charge is 2.08. The number of hydrogen-bond donors (Lipinski definition) is 0. The van der Waals surface area contributed by atoms with E-state index >= 15 is 0 Å². The molecule has 0 aliphatic heterocycles. The molecule has 2 aromatic rings. The quantitative estimate of drug-likeness (QED) is 0.515. The van der Waals surface area contributed by atoms with Gasteiger partial charge in [-0.15, -0.1) is 0 Å². The summed E-state index contributed by atoms with van der Waals surface area (Å²) in [6.45, 7) is 0.913. The summed E-state index contributed by atoms with van der Waals surface area (Å²) in [4.78, 5) is 0. The van der Waals surface area contributed by atoms with E-state index in [9.17, 15) is 0 Å². The second-order valence-electron chi connectivity index (χ2n) is 4.07. The Morgan fingerprint density at radius 3 is 2.24 bits per heavy atom. The Kier molecular flexibility index (Phi) is 6.39. The molecule has 0 atom stereocenters. The van der Waals surface area contributed by atoms with Gasteiger partial charge in [0, 0.05) is 4.47 Å². The summed E-state index contributed by atoms with van der Waals surface area (Å²) < 4.78 is 19.2. The zero-order valence-electron chi connectivity index (χ0n) is 11.2. The molecule has 0 spiro atoms. The minimum Gasteiger partial charge on any atom is -0.496 e. The van der Waals surface area contributed by atoms with Gasteiger partial charge in [0.2, 0.25) is 0 Å². The van der Waals surface area contributed by atoms with Crippen molar-refractivity contribution in [1.82, 2.24) is 0 Å². The largest absolute Gasteiger partial charge is 0.496 e. The van der Waals surface area contributed by atoms with Crippen molar-refractivity contribution in [2.75, 3.05) is 20.3 Å². The molecule has 0 aromatic heterocycles. The molecular formula is C15H13Br3O3. The molecule has 0 unspecified atom stereocenters. The number of rotatable bonds is 6. The molecule has 0 heterocycles. The van der Waals surface area contributed by atoms with Crippen LogP contribution in [0.3, 0.4) is 0 Å². The molecular weight excluding hydrogens is 468 g/mol. The Morgan fingerprint density at radius 2 is 1.52 bits per heavy atom. The van der Waals surface area contributed by atoms with E-state index in [4.69, 9.17) is 14.2 Å². The molecule has 3 nitrogen and oxygen atoms in total. The minimum atomic E-state index is 0.448. The molecule has 0 aliphatic rings. The van der Waals surface area contributed by atoms with E-state index in [0.29, 0.717) is 13.2 Å². The first-order chi connectivity index (χ1) is 10.1. The molecule has 0 bridgehead atoms. The Balaban J connectivity index is 1.88. The van der Waals surface area contributed by atoms with E-state index in [1.807, 2.05) is 36.4 Å². The zero-order chi connectivity index (χ0) is 15.2. The van der Waals surface area contributed by atoms with Crippen molar-refractivity contribution in [3.05, 3.63) is 49.8 Å². The highest BCUT2D eigenvalue weighted by Crippen LogP contribution is 2.35. The lowest BCUT2D eigenvalue weighted by Crippen LogP contribution is -2.09. The molecule has 0 aliphatic carbocycles. The van der Waals surface area contributed by atoms with Gasteiger partial charge in [-0.05, 0) is 62.2 Å². The van der Waals surface area contributed by atoms with Crippen molar-refractivity contribution in [3.63, 3.8) is 0 Å². The SMILES string of the molecule is COc1cc(Br)c(OCCOc2cccc(Br)c2)cc1Br. The van der Waals surface area contributed by atoms with Gasteiger partial charge in [-0.3, -0.25) is 0 Å². The topological polar surface area (TPSA) is 27.7 Å². The predicted molar refractivity (Wildman–Crippen MR) is 93.5 cm³/mol. The van der Waals surface area contributed by atoms with Gasteiger partial charge in [-0.2, -0.15) is 0 Å². The van der Waals surface area contributed by atoms with Crippen molar-refractivity contribution in [1.29, 1.82) is 0 Å². The smallest absolute Gasteiger partial charge is 0.135 e. The van der Waals surface area contributed by atoms with E-state index in [1.54, 1.807) is 7.11 Å². The number of methoxy groups -OCH3 is 1. The summed E-state index contributed by atoms with van der Waals surface area (Å²) in [5, 5.41) is 0. The van der Waals surface area contributed by atoms with Crippen LogP contribution < -0.4 is 14.2 Å². The number of benzene rings is 2. The lowest BCUT2D eigenvalue weighted by molar-refractivity contribution is 0.216. The van der Waals surface area contributed by atoms with Crippen LogP contribution in [0.5, 0.6) is 17.2 Å². The molecule has 0 saturated carbocycles. The zero-order valence-corrected chi connectivity index (χ0v) is 16.0. The molecule has 0 saturated heterocycles. The van der Waals surface area contributed by atoms with Crippen LogP contribution in [0.2, 0.25) is 0 Å². The fourth-order valence-electron chi connectivity index (χ4n) is 1.65. The third kappa shape index (κ3) is 4.90. The Bertz CT molecular complexity index is 617. The van der Waals surface area contributed by atoms with Gasteiger partial charge < -0.3 is 14.2 Å². The van der Waals surface area contributed by atoms with E-state index in [-0.39, 0.29) is 0 Å². The summed E-state index contributed by atoms with van der Waals surface area (Å²) in [5.74, 6) is 2.29. The lowest BCUT2D eigenvalue weighted by atomic mass is 10.3. The van der Waals surface area contributed by atoms with Crippen molar-refractivity contribution in [2.45, 2.75) is 0 Å². The van der Waals surface area contributed by atoms with Crippen LogP contribution >= 0.6 is 47.8 Å². The summed E-state index contributed by atoms with van der Waals surface area (Å²) >= 11 is 10.3. The lowest BCUT2D eigenvalue weighted by Gasteiger charge is -2.12. The summed E-state index contributed by atoms with van der Waals surface area (Å²) in [6.07, 6.45) is 0. The molecule has 21 heavy (non-hydrogen) atoms. The number of hydrogen-bond acceptors (Lipinski definition) is 3. The molecule has 0 fully saturated rings. The summed E-state index contributed by atoms with van der Waals surface area (Å²) in [5.41, 5.74) is 0. The molecule has 112 valence electrons. The predicted octanol–water partition coefficient (Wildman–Crippen LogP) is 5.44. The summed E-state index contributed by atoms with van der Waals surface area (Å²) in [7, 11) is 1.62. The van der Waals surface area contributed by atoms with Crippen molar-refractivity contribution in [3.8, 4) is 17.2 Å². The number of ether oxygens (including phenoxy) is 3. The van der Waals surface area contributed by atoms with E-state index < -0.39 is 0 Å².